The smallest absolute Gasteiger partial charge is 0.305 e. The number of methoxy groups -OCH3 is 2. The molecule has 0 amide bonds. The second kappa shape index (κ2) is 14.4. The van der Waals surface area contributed by atoms with E-state index in [9.17, 15) is 9.59 Å². The van der Waals surface area contributed by atoms with E-state index in [2.05, 4.69) is 78.9 Å². The number of nitrogens with one attached hydrogen (secondary N) is 2. The Kier molecular flexibility index (Phi) is 9.81. The number of aryl methyl sites for hydroxylation is 2. The van der Waals surface area contributed by atoms with Crippen molar-refractivity contribution in [3.05, 3.63) is 112 Å². The van der Waals surface area contributed by atoms with E-state index in [1.807, 2.05) is 38.1 Å². The Labute approximate surface area is 292 Å². The molecule has 0 atom stereocenters. The zero-order valence-electron chi connectivity index (χ0n) is 29.5. The van der Waals surface area contributed by atoms with Crippen LogP contribution in [-0.4, -0.2) is 46.1 Å². The van der Waals surface area contributed by atoms with Crippen molar-refractivity contribution < 1.29 is 19.1 Å². The zero-order valence-corrected chi connectivity index (χ0v) is 29.5. The van der Waals surface area contributed by atoms with E-state index in [0.29, 0.717) is 12.8 Å². The molecule has 8 bridgehead atoms. The van der Waals surface area contributed by atoms with E-state index < -0.39 is 0 Å². The maximum absolute atomic E-state index is 12.3. The van der Waals surface area contributed by atoms with E-state index in [4.69, 9.17) is 19.4 Å². The molecule has 0 radical (unpaired) electrons. The van der Waals surface area contributed by atoms with Gasteiger partial charge < -0.3 is 19.4 Å². The SMILES string of the molecule is C=Cc1cccc(/C=C/c2c(C)c3cc4cc(C)c(cc5nc(cc6nc(cc2[nH]3)C(C)=C6CCC(=O)OC)C(CCC(=O)OC)=C5C)[nH]4)c1. The van der Waals surface area contributed by atoms with Crippen molar-refractivity contribution >= 4 is 74.5 Å². The summed E-state index contributed by atoms with van der Waals surface area (Å²) in [7, 11) is 2.80. The van der Waals surface area contributed by atoms with Gasteiger partial charge in [0.15, 0.2) is 0 Å². The lowest BCUT2D eigenvalue weighted by Gasteiger charge is -2.06. The van der Waals surface area contributed by atoms with Crippen LogP contribution in [0.2, 0.25) is 0 Å². The molecule has 2 aliphatic rings. The number of aromatic amines is 2. The second-order valence-corrected chi connectivity index (χ2v) is 12.7. The fourth-order valence-corrected chi connectivity index (χ4v) is 6.55. The van der Waals surface area contributed by atoms with Crippen molar-refractivity contribution in [3.8, 4) is 0 Å². The summed E-state index contributed by atoms with van der Waals surface area (Å²) in [5.74, 6) is -0.565. The molecule has 0 saturated carbocycles. The number of rotatable bonds is 9. The van der Waals surface area contributed by atoms with Gasteiger partial charge in [-0.1, -0.05) is 43.0 Å². The van der Waals surface area contributed by atoms with Gasteiger partial charge >= 0.3 is 11.9 Å². The average molecular weight is 667 g/mol. The van der Waals surface area contributed by atoms with Gasteiger partial charge in [-0.25, -0.2) is 9.97 Å². The molecule has 0 fully saturated rings. The van der Waals surface area contributed by atoms with Crippen molar-refractivity contribution in [2.45, 2.75) is 53.4 Å². The molecule has 50 heavy (non-hydrogen) atoms. The minimum absolute atomic E-state index is 0.220. The summed E-state index contributed by atoms with van der Waals surface area (Å²) in [4.78, 5) is 42.0. The third-order valence-electron chi connectivity index (χ3n) is 9.56. The number of H-pyrrole nitrogens is 2. The Morgan fingerprint density at radius 1 is 0.700 bits per heavy atom. The first-order chi connectivity index (χ1) is 24.1. The van der Waals surface area contributed by atoms with Crippen molar-refractivity contribution in [1.82, 2.24) is 19.9 Å². The van der Waals surface area contributed by atoms with Gasteiger partial charge in [-0.15, -0.1) is 0 Å². The molecule has 1 aromatic carbocycles. The normalized spacial score (nSPS) is 12.9. The number of hydrogen-bond donors (Lipinski definition) is 2. The fraction of sp³-hybridized carbons (Fsp3) is 0.238. The minimum atomic E-state index is -0.285. The number of aromatic nitrogens is 4. The number of benzene rings is 1. The number of esters is 2. The van der Waals surface area contributed by atoms with Crippen molar-refractivity contribution in [2.24, 2.45) is 0 Å². The summed E-state index contributed by atoms with van der Waals surface area (Å²) in [6.07, 6.45) is 7.48. The number of fused-ring (bicyclic) bond motifs is 8. The average Bonchev–Trinajstić information content (AvgIpc) is 3.79. The molecule has 2 N–H and O–H groups in total. The monoisotopic (exact) mass is 666 g/mol. The molecule has 2 aliphatic heterocycles. The predicted molar refractivity (Wildman–Crippen MR) is 203 cm³/mol. The Bertz CT molecular complexity index is 2300. The standard InChI is InChI=1S/C42H42N4O4/c1-8-28-10-9-11-29(19-28)12-13-31-25(3)35-20-30-18-24(2)34(43-30)21-36-26(4)32(14-16-41(47)49-6)39(45-36)23-40-33(15-17-42(48)50-7)27(5)37(46-40)22-38(31)44-35/h8-13,18-23,43-44H,1,14-17H2,2-7H3/b13-12+,30-20?,34-21?,35-20?,36-21?,37-22?,38-22?,39-23?,40-23?. The van der Waals surface area contributed by atoms with Crippen LogP contribution in [0.25, 0.3) is 62.6 Å². The molecule has 0 unspecified atom stereocenters. The van der Waals surface area contributed by atoms with Crippen molar-refractivity contribution in [2.75, 3.05) is 14.2 Å². The quantitative estimate of drug-likeness (QED) is 0.172. The van der Waals surface area contributed by atoms with E-state index >= 15 is 0 Å². The summed E-state index contributed by atoms with van der Waals surface area (Å²) in [6, 6.07) is 18.6. The maximum atomic E-state index is 12.3. The number of ether oxygens (including phenoxy) is 2. The summed E-state index contributed by atoms with van der Waals surface area (Å²) in [5.41, 5.74) is 16.2. The van der Waals surface area contributed by atoms with Crippen LogP contribution in [0.1, 0.15) is 90.1 Å². The van der Waals surface area contributed by atoms with Gasteiger partial charge in [0.05, 0.1) is 37.0 Å². The molecule has 4 aromatic rings. The number of carbonyl (C=O) groups is 2. The van der Waals surface area contributed by atoms with Gasteiger partial charge in [0.25, 0.3) is 0 Å². The number of hydrogen-bond acceptors (Lipinski definition) is 6. The molecule has 5 heterocycles. The van der Waals surface area contributed by atoms with Crippen LogP contribution in [0.3, 0.4) is 0 Å². The molecule has 254 valence electrons. The lowest BCUT2D eigenvalue weighted by Crippen LogP contribution is -2.01. The lowest BCUT2D eigenvalue weighted by molar-refractivity contribution is -0.141. The fourth-order valence-electron chi connectivity index (χ4n) is 6.55. The Morgan fingerprint density at radius 2 is 1.30 bits per heavy atom. The first kappa shape index (κ1) is 34.1. The highest BCUT2D eigenvalue weighted by atomic mass is 16.5. The Balaban J connectivity index is 1.64. The molecule has 0 aliphatic carbocycles. The summed E-state index contributed by atoms with van der Waals surface area (Å²) in [5, 5.41) is 0. The molecule has 6 rings (SSSR count). The molecule has 0 spiro atoms. The molecule has 3 aromatic heterocycles. The minimum Gasteiger partial charge on any atom is -0.469 e. The van der Waals surface area contributed by atoms with Gasteiger partial charge in [-0.3, -0.25) is 9.59 Å². The first-order valence-corrected chi connectivity index (χ1v) is 16.8. The van der Waals surface area contributed by atoms with E-state index in [1.54, 1.807) is 0 Å². The largest absolute Gasteiger partial charge is 0.469 e. The highest BCUT2D eigenvalue weighted by Crippen LogP contribution is 2.38. The molecule has 0 saturated heterocycles. The second-order valence-electron chi connectivity index (χ2n) is 12.7. The predicted octanol–water partition coefficient (Wildman–Crippen LogP) is 9.51. The van der Waals surface area contributed by atoms with Crippen molar-refractivity contribution in [3.63, 3.8) is 0 Å². The summed E-state index contributed by atoms with van der Waals surface area (Å²) < 4.78 is 9.95. The topological polar surface area (TPSA) is 110 Å². The van der Waals surface area contributed by atoms with E-state index in [-0.39, 0.29) is 24.8 Å². The van der Waals surface area contributed by atoms with Crippen LogP contribution in [0.4, 0.5) is 0 Å². The number of carbonyl (C=O) groups excluding carboxylic acids is 2. The van der Waals surface area contributed by atoms with Gasteiger partial charge in [0.1, 0.15) is 0 Å². The number of allylic oxidation sites excluding steroid dienone is 4. The number of nitrogens with zero attached hydrogens (tertiary/aromatic N) is 2. The van der Waals surface area contributed by atoms with Gasteiger partial charge in [0.2, 0.25) is 0 Å². The lowest BCUT2D eigenvalue weighted by atomic mass is 9.98. The van der Waals surface area contributed by atoms with E-state index in [1.165, 1.54) is 14.2 Å². The van der Waals surface area contributed by atoms with Crippen LogP contribution >= 0.6 is 0 Å². The third kappa shape index (κ3) is 7.01. The van der Waals surface area contributed by atoms with Gasteiger partial charge in [0, 0.05) is 40.5 Å². The molecular formula is C42H42N4O4. The highest BCUT2D eigenvalue weighted by Gasteiger charge is 2.23. The van der Waals surface area contributed by atoms with Crippen LogP contribution in [0, 0.1) is 13.8 Å². The van der Waals surface area contributed by atoms with E-state index in [0.717, 1.165) is 95.0 Å². The van der Waals surface area contributed by atoms with Crippen LogP contribution in [-0.2, 0) is 19.1 Å². The zero-order chi connectivity index (χ0) is 35.5. The molecular weight excluding hydrogens is 624 g/mol. The Morgan fingerprint density at radius 3 is 1.90 bits per heavy atom. The molecule has 8 nitrogen and oxygen atoms in total. The van der Waals surface area contributed by atoms with Crippen LogP contribution < -0.4 is 0 Å². The Hall–Kier alpha value is -5.76. The van der Waals surface area contributed by atoms with Crippen LogP contribution in [0.15, 0.2) is 61.2 Å². The maximum Gasteiger partial charge on any atom is 0.305 e. The highest BCUT2D eigenvalue weighted by molar-refractivity contribution is 5.97. The first-order valence-electron chi connectivity index (χ1n) is 16.8. The van der Waals surface area contributed by atoms with Gasteiger partial charge in [-0.05, 0) is 121 Å². The van der Waals surface area contributed by atoms with Crippen LogP contribution in [0.5, 0.6) is 0 Å². The van der Waals surface area contributed by atoms with Gasteiger partial charge in [-0.2, -0.15) is 0 Å². The summed E-state index contributed by atoms with van der Waals surface area (Å²) in [6.45, 7) is 12.2. The third-order valence-corrected chi connectivity index (χ3v) is 9.56. The van der Waals surface area contributed by atoms with Crippen molar-refractivity contribution in [1.29, 1.82) is 0 Å². The molecule has 8 heteroatoms. The summed E-state index contributed by atoms with van der Waals surface area (Å²) >= 11 is 0.